The van der Waals surface area contributed by atoms with Crippen molar-refractivity contribution in [2.45, 2.75) is 13.0 Å². The Labute approximate surface area is 80.5 Å². The number of rotatable bonds is 1. The molecule has 0 bridgehead atoms. The Kier molecular flexibility index (Phi) is 1.39. The van der Waals surface area contributed by atoms with Gasteiger partial charge in [0.2, 0.25) is 6.10 Å². The van der Waals surface area contributed by atoms with Crippen molar-refractivity contribution in [1.82, 2.24) is 10.1 Å². The van der Waals surface area contributed by atoms with Crippen molar-refractivity contribution in [3.05, 3.63) is 41.5 Å². The topological polar surface area (TPSA) is 48.2 Å². The van der Waals surface area contributed by atoms with Crippen LogP contribution in [0, 0.1) is 6.92 Å². The summed E-state index contributed by atoms with van der Waals surface area (Å²) in [6.45, 7) is 1.79. The number of fused-ring (bicyclic) bond motifs is 1. The molecular formula is C10H8N2O2. The molecule has 0 aliphatic carbocycles. The standard InChI is InChI=1S/C10H8N2O2/c1-6-11-10(14-12-6)9-7-4-2-3-5-8(7)13-9/h2-5,9H,1H3. The molecule has 70 valence electrons. The minimum atomic E-state index is -0.174. The number of nitrogens with zero attached hydrogens (tertiary/aromatic N) is 2. The molecule has 2 aromatic rings. The Hall–Kier alpha value is -1.84. The highest BCUT2D eigenvalue weighted by molar-refractivity contribution is 5.44. The summed E-state index contributed by atoms with van der Waals surface area (Å²) in [6.07, 6.45) is -0.174. The first-order valence-electron chi connectivity index (χ1n) is 4.40. The van der Waals surface area contributed by atoms with Gasteiger partial charge >= 0.3 is 0 Å². The van der Waals surface area contributed by atoms with E-state index in [-0.39, 0.29) is 6.10 Å². The molecular weight excluding hydrogens is 180 g/mol. The van der Waals surface area contributed by atoms with E-state index in [1.165, 1.54) is 0 Å². The zero-order chi connectivity index (χ0) is 9.54. The normalized spacial score (nSPS) is 18.2. The van der Waals surface area contributed by atoms with Crippen molar-refractivity contribution in [3.8, 4) is 5.75 Å². The number of benzene rings is 1. The van der Waals surface area contributed by atoms with E-state index in [4.69, 9.17) is 9.26 Å². The van der Waals surface area contributed by atoms with Crippen molar-refractivity contribution < 1.29 is 9.26 Å². The molecule has 2 heterocycles. The van der Waals surface area contributed by atoms with E-state index in [1.807, 2.05) is 24.3 Å². The maximum absolute atomic E-state index is 5.49. The van der Waals surface area contributed by atoms with Crippen LogP contribution in [0.1, 0.15) is 23.4 Å². The van der Waals surface area contributed by atoms with E-state index in [9.17, 15) is 0 Å². The van der Waals surface area contributed by atoms with Crippen LogP contribution >= 0.6 is 0 Å². The van der Waals surface area contributed by atoms with Gasteiger partial charge in [0.25, 0.3) is 5.89 Å². The average molecular weight is 188 g/mol. The van der Waals surface area contributed by atoms with Crippen LogP contribution in [-0.4, -0.2) is 10.1 Å². The minimum absolute atomic E-state index is 0.174. The highest BCUT2D eigenvalue weighted by Gasteiger charge is 2.33. The van der Waals surface area contributed by atoms with Gasteiger partial charge in [-0.3, -0.25) is 0 Å². The first-order chi connectivity index (χ1) is 6.84. The molecule has 1 atom stereocenters. The molecule has 0 radical (unpaired) electrons. The monoisotopic (exact) mass is 188 g/mol. The second-order valence-electron chi connectivity index (χ2n) is 3.22. The smallest absolute Gasteiger partial charge is 0.272 e. The van der Waals surface area contributed by atoms with Gasteiger partial charge in [-0.2, -0.15) is 4.98 Å². The number of aryl methyl sites for hydroxylation is 1. The molecule has 1 aromatic carbocycles. The second-order valence-corrected chi connectivity index (χ2v) is 3.22. The predicted molar refractivity (Wildman–Crippen MR) is 47.9 cm³/mol. The molecule has 1 unspecified atom stereocenters. The van der Waals surface area contributed by atoms with E-state index in [2.05, 4.69) is 10.1 Å². The fourth-order valence-electron chi connectivity index (χ4n) is 1.54. The third-order valence-corrected chi connectivity index (χ3v) is 2.21. The van der Waals surface area contributed by atoms with Gasteiger partial charge in [-0.25, -0.2) is 0 Å². The van der Waals surface area contributed by atoms with Crippen LogP contribution in [0.5, 0.6) is 5.75 Å². The first kappa shape index (κ1) is 7.55. The summed E-state index contributed by atoms with van der Waals surface area (Å²) >= 11 is 0. The van der Waals surface area contributed by atoms with E-state index in [0.29, 0.717) is 11.7 Å². The summed E-state index contributed by atoms with van der Waals surface area (Å²) < 4.78 is 10.5. The highest BCUT2D eigenvalue weighted by Crippen LogP contribution is 2.41. The van der Waals surface area contributed by atoms with Gasteiger partial charge in [-0.1, -0.05) is 23.4 Å². The molecule has 0 amide bonds. The molecule has 4 nitrogen and oxygen atoms in total. The second kappa shape index (κ2) is 2.57. The molecule has 0 fully saturated rings. The third-order valence-electron chi connectivity index (χ3n) is 2.21. The molecule has 0 saturated heterocycles. The fourth-order valence-corrected chi connectivity index (χ4v) is 1.54. The molecule has 0 saturated carbocycles. The van der Waals surface area contributed by atoms with Gasteiger partial charge in [0.1, 0.15) is 5.75 Å². The molecule has 1 aromatic heterocycles. The van der Waals surface area contributed by atoms with Gasteiger partial charge in [0, 0.05) is 5.56 Å². The Morgan fingerprint density at radius 3 is 2.86 bits per heavy atom. The number of aromatic nitrogens is 2. The van der Waals surface area contributed by atoms with Crippen LogP contribution in [0.15, 0.2) is 28.8 Å². The molecule has 3 rings (SSSR count). The van der Waals surface area contributed by atoms with Crippen molar-refractivity contribution >= 4 is 0 Å². The van der Waals surface area contributed by atoms with Gasteiger partial charge in [-0.05, 0) is 13.0 Å². The van der Waals surface area contributed by atoms with Gasteiger partial charge < -0.3 is 9.26 Å². The number of hydrogen-bond acceptors (Lipinski definition) is 4. The Morgan fingerprint density at radius 2 is 2.14 bits per heavy atom. The van der Waals surface area contributed by atoms with Gasteiger partial charge in [0.05, 0.1) is 0 Å². The molecule has 0 N–H and O–H groups in total. The summed E-state index contributed by atoms with van der Waals surface area (Å²) in [5.74, 6) is 2.06. The Balaban J connectivity index is 1.99. The zero-order valence-electron chi connectivity index (χ0n) is 7.60. The molecule has 1 aliphatic heterocycles. The average Bonchev–Trinajstić information content (AvgIpc) is 2.54. The van der Waals surface area contributed by atoms with Crippen LogP contribution in [-0.2, 0) is 0 Å². The van der Waals surface area contributed by atoms with Crippen LogP contribution in [0.2, 0.25) is 0 Å². The van der Waals surface area contributed by atoms with E-state index in [1.54, 1.807) is 6.92 Å². The SMILES string of the molecule is Cc1noc(C2Oc3ccccc32)n1. The maximum atomic E-state index is 5.49. The van der Waals surface area contributed by atoms with Crippen molar-refractivity contribution in [2.75, 3.05) is 0 Å². The highest BCUT2D eigenvalue weighted by atomic mass is 16.5. The lowest BCUT2D eigenvalue weighted by atomic mass is 10.0. The third kappa shape index (κ3) is 0.937. The minimum Gasteiger partial charge on any atom is -0.475 e. The van der Waals surface area contributed by atoms with E-state index in [0.717, 1.165) is 11.3 Å². The summed E-state index contributed by atoms with van der Waals surface area (Å²) in [5, 5.41) is 3.73. The summed E-state index contributed by atoms with van der Waals surface area (Å²) in [6, 6.07) is 7.84. The first-order valence-corrected chi connectivity index (χ1v) is 4.40. The largest absolute Gasteiger partial charge is 0.475 e. The lowest BCUT2D eigenvalue weighted by Crippen LogP contribution is -2.20. The van der Waals surface area contributed by atoms with Crippen LogP contribution in [0.4, 0.5) is 0 Å². The Bertz CT molecular complexity index is 478. The fraction of sp³-hybridized carbons (Fsp3) is 0.200. The predicted octanol–water partition coefficient (Wildman–Crippen LogP) is 1.86. The molecule has 1 aliphatic rings. The van der Waals surface area contributed by atoms with Crippen LogP contribution < -0.4 is 4.74 Å². The summed E-state index contributed by atoms with van der Waals surface area (Å²) in [5.41, 5.74) is 1.11. The maximum Gasteiger partial charge on any atom is 0.272 e. The van der Waals surface area contributed by atoms with Crippen molar-refractivity contribution in [3.63, 3.8) is 0 Å². The summed E-state index contributed by atoms with van der Waals surface area (Å²) in [4.78, 5) is 4.13. The van der Waals surface area contributed by atoms with Crippen LogP contribution in [0.25, 0.3) is 0 Å². The lowest BCUT2D eigenvalue weighted by molar-refractivity contribution is 0.143. The number of ether oxygens (including phenoxy) is 1. The van der Waals surface area contributed by atoms with Gasteiger partial charge in [-0.15, -0.1) is 0 Å². The quantitative estimate of drug-likeness (QED) is 0.685. The van der Waals surface area contributed by atoms with Crippen molar-refractivity contribution in [2.24, 2.45) is 0 Å². The van der Waals surface area contributed by atoms with E-state index < -0.39 is 0 Å². The molecule has 0 spiro atoms. The number of hydrogen-bond donors (Lipinski definition) is 0. The van der Waals surface area contributed by atoms with Crippen molar-refractivity contribution in [1.29, 1.82) is 0 Å². The molecule has 4 heteroatoms. The van der Waals surface area contributed by atoms with Gasteiger partial charge in [0.15, 0.2) is 5.82 Å². The summed E-state index contributed by atoms with van der Waals surface area (Å²) in [7, 11) is 0. The lowest BCUT2D eigenvalue weighted by Gasteiger charge is -2.27. The van der Waals surface area contributed by atoms with Crippen LogP contribution in [0.3, 0.4) is 0 Å². The molecule has 14 heavy (non-hydrogen) atoms. The zero-order valence-corrected chi connectivity index (χ0v) is 7.60. The van der Waals surface area contributed by atoms with E-state index >= 15 is 0 Å². The number of para-hydroxylation sites is 1. The Morgan fingerprint density at radius 1 is 1.29 bits per heavy atom.